The second-order valence-corrected chi connectivity index (χ2v) is 7.30. The summed E-state index contributed by atoms with van der Waals surface area (Å²) in [7, 11) is 0. The van der Waals surface area contributed by atoms with Gasteiger partial charge in [0, 0.05) is 12.6 Å². The van der Waals surface area contributed by atoms with E-state index >= 15 is 0 Å². The molecule has 1 amide bonds. The summed E-state index contributed by atoms with van der Waals surface area (Å²) >= 11 is 0. The zero-order valence-corrected chi connectivity index (χ0v) is 15.8. The summed E-state index contributed by atoms with van der Waals surface area (Å²) in [6, 6.07) is 5.76. The van der Waals surface area contributed by atoms with Crippen molar-refractivity contribution in [1.29, 1.82) is 5.26 Å². The second-order valence-electron chi connectivity index (χ2n) is 7.30. The number of rotatable bonds is 4. The molecule has 9 heteroatoms. The smallest absolute Gasteiger partial charge is 0.422 e. The van der Waals surface area contributed by atoms with E-state index in [2.05, 4.69) is 6.58 Å². The van der Waals surface area contributed by atoms with Gasteiger partial charge in [0.1, 0.15) is 11.7 Å². The first-order valence-corrected chi connectivity index (χ1v) is 8.44. The highest BCUT2D eigenvalue weighted by Crippen LogP contribution is 2.33. The van der Waals surface area contributed by atoms with Crippen molar-refractivity contribution >= 4 is 6.09 Å². The van der Waals surface area contributed by atoms with Gasteiger partial charge < -0.3 is 19.1 Å². The van der Waals surface area contributed by atoms with Gasteiger partial charge in [-0.1, -0.05) is 6.58 Å². The van der Waals surface area contributed by atoms with Crippen LogP contribution < -0.4 is 9.47 Å². The predicted molar refractivity (Wildman–Crippen MR) is 94.1 cm³/mol. The lowest BCUT2D eigenvalue weighted by molar-refractivity contribution is -0.153. The van der Waals surface area contributed by atoms with Crippen LogP contribution in [0, 0.1) is 11.3 Å². The molecular weight excluding hydrogens is 377 g/mol. The molecule has 0 aromatic heterocycles. The van der Waals surface area contributed by atoms with Crippen LogP contribution in [0.4, 0.5) is 18.0 Å². The average molecular weight is 398 g/mol. The summed E-state index contributed by atoms with van der Waals surface area (Å²) in [6.07, 6.45) is -5.72. The molecule has 2 rings (SSSR count). The third-order valence-electron chi connectivity index (χ3n) is 3.62. The summed E-state index contributed by atoms with van der Waals surface area (Å²) in [5.41, 5.74) is 0.0328. The summed E-state index contributed by atoms with van der Waals surface area (Å²) < 4.78 is 53.3. The van der Waals surface area contributed by atoms with Crippen LogP contribution in [0.2, 0.25) is 0 Å². The lowest BCUT2D eigenvalue weighted by Gasteiger charge is -2.24. The number of amides is 1. The molecule has 0 aliphatic carbocycles. The number of benzene rings is 1. The van der Waals surface area contributed by atoms with E-state index in [0.29, 0.717) is 5.57 Å². The van der Waals surface area contributed by atoms with Crippen molar-refractivity contribution in [3.05, 3.63) is 35.9 Å². The van der Waals surface area contributed by atoms with E-state index in [-0.39, 0.29) is 30.2 Å². The fourth-order valence-corrected chi connectivity index (χ4v) is 2.43. The van der Waals surface area contributed by atoms with Crippen molar-refractivity contribution in [2.45, 2.75) is 38.7 Å². The standard InChI is InChI=1S/C19H21F3N2O4/c1-12-9-24(17(25)28-18(2,3)4)10-16(12)27-14-6-5-13(8-23)7-15(14)26-11-19(20,21)22/h5-7,16H,1,9-11H2,2-4H3/t16-/m0/s1. The molecule has 152 valence electrons. The number of nitrogens with zero attached hydrogens (tertiary/aromatic N) is 2. The van der Waals surface area contributed by atoms with Crippen LogP contribution in [-0.4, -0.2) is 48.6 Å². The monoisotopic (exact) mass is 398 g/mol. The van der Waals surface area contributed by atoms with Crippen molar-refractivity contribution in [3.8, 4) is 17.6 Å². The van der Waals surface area contributed by atoms with Gasteiger partial charge >= 0.3 is 12.3 Å². The SMILES string of the molecule is C=C1CN(C(=O)OC(C)(C)C)C[C@@H]1Oc1ccc(C#N)cc1OCC(F)(F)F. The van der Waals surface area contributed by atoms with E-state index in [4.69, 9.17) is 19.5 Å². The molecule has 0 radical (unpaired) electrons. The van der Waals surface area contributed by atoms with E-state index in [1.54, 1.807) is 20.8 Å². The Morgan fingerprint density at radius 2 is 2.00 bits per heavy atom. The molecule has 1 aromatic rings. The van der Waals surface area contributed by atoms with E-state index < -0.39 is 30.6 Å². The van der Waals surface area contributed by atoms with Crippen LogP contribution in [0.1, 0.15) is 26.3 Å². The van der Waals surface area contributed by atoms with Crippen molar-refractivity contribution < 1.29 is 32.2 Å². The molecule has 0 bridgehead atoms. The second kappa shape index (κ2) is 8.00. The minimum atomic E-state index is -4.54. The zero-order chi connectivity index (χ0) is 21.1. The lowest BCUT2D eigenvalue weighted by atomic mass is 10.2. The molecule has 28 heavy (non-hydrogen) atoms. The average Bonchev–Trinajstić information content (AvgIpc) is 2.92. The zero-order valence-electron chi connectivity index (χ0n) is 15.8. The molecular formula is C19H21F3N2O4. The molecule has 1 aromatic carbocycles. The van der Waals surface area contributed by atoms with Crippen LogP contribution in [0.5, 0.6) is 11.5 Å². The van der Waals surface area contributed by atoms with Gasteiger partial charge in [0.25, 0.3) is 0 Å². The number of carbonyl (C=O) groups excluding carboxylic acids is 1. The fourth-order valence-electron chi connectivity index (χ4n) is 2.43. The highest BCUT2D eigenvalue weighted by molar-refractivity contribution is 5.69. The number of ether oxygens (including phenoxy) is 3. The predicted octanol–water partition coefficient (Wildman–Crippen LogP) is 4.05. The van der Waals surface area contributed by atoms with E-state index in [1.165, 1.54) is 23.1 Å². The van der Waals surface area contributed by atoms with Gasteiger partial charge in [-0.3, -0.25) is 0 Å². The Morgan fingerprint density at radius 3 is 2.57 bits per heavy atom. The van der Waals surface area contributed by atoms with Gasteiger partial charge in [-0.05, 0) is 38.5 Å². The molecule has 1 saturated heterocycles. The van der Waals surface area contributed by atoms with Gasteiger partial charge in [-0.2, -0.15) is 18.4 Å². The van der Waals surface area contributed by atoms with Crippen molar-refractivity contribution in [1.82, 2.24) is 4.90 Å². The number of halogens is 3. The third kappa shape index (κ3) is 6.08. The van der Waals surface area contributed by atoms with E-state index in [9.17, 15) is 18.0 Å². The maximum absolute atomic E-state index is 12.5. The van der Waals surface area contributed by atoms with Crippen molar-refractivity contribution in [2.75, 3.05) is 19.7 Å². The first-order valence-electron chi connectivity index (χ1n) is 8.44. The molecule has 0 N–H and O–H groups in total. The minimum Gasteiger partial charge on any atom is -0.480 e. The van der Waals surface area contributed by atoms with Gasteiger partial charge in [0.15, 0.2) is 18.1 Å². The number of hydrogen-bond donors (Lipinski definition) is 0. The normalized spacial score (nSPS) is 17.2. The molecule has 1 aliphatic rings. The van der Waals surface area contributed by atoms with Crippen molar-refractivity contribution in [2.24, 2.45) is 0 Å². The maximum Gasteiger partial charge on any atom is 0.422 e. The van der Waals surface area contributed by atoms with Gasteiger partial charge in [-0.15, -0.1) is 0 Å². The number of nitriles is 1. The minimum absolute atomic E-state index is 0.0282. The number of alkyl halides is 3. The van der Waals surface area contributed by atoms with E-state index in [1.807, 2.05) is 6.07 Å². The highest BCUT2D eigenvalue weighted by Gasteiger charge is 2.34. The molecule has 1 aliphatic heterocycles. The highest BCUT2D eigenvalue weighted by atomic mass is 19.4. The molecule has 0 unspecified atom stereocenters. The maximum atomic E-state index is 12.5. The van der Waals surface area contributed by atoms with Gasteiger partial charge in [0.2, 0.25) is 0 Å². The fraction of sp³-hybridized carbons (Fsp3) is 0.474. The van der Waals surface area contributed by atoms with Crippen LogP contribution in [0.3, 0.4) is 0 Å². The Bertz CT molecular complexity index is 794. The van der Waals surface area contributed by atoms with Crippen molar-refractivity contribution in [3.63, 3.8) is 0 Å². The first kappa shape index (κ1) is 21.4. The summed E-state index contributed by atoms with van der Waals surface area (Å²) in [5.74, 6) is -0.180. The number of hydrogen-bond acceptors (Lipinski definition) is 5. The summed E-state index contributed by atoms with van der Waals surface area (Å²) in [4.78, 5) is 13.6. The summed E-state index contributed by atoms with van der Waals surface area (Å²) in [6.45, 7) is 7.90. The molecule has 6 nitrogen and oxygen atoms in total. The van der Waals surface area contributed by atoms with Gasteiger partial charge in [0.05, 0.1) is 18.2 Å². The summed E-state index contributed by atoms with van der Waals surface area (Å²) in [5, 5.41) is 8.96. The van der Waals surface area contributed by atoms with Gasteiger partial charge in [-0.25, -0.2) is 4.79 Å². The Morgan fingerprint density at radius 1 is 1.32 bits per heavy atom. The molecule has 0 saturated carbocycles. The molecule has 1 heterocycles. The Labute approximate surface area is 161 Å². The Hall–Kier alpha value is -2.89. The topological polar surface area (TPSA) is 71.8 Å². The Kier molecular flexibility index (Phi) is 6.12. The van der Waals surface area contributed by atoms with Crippen LogP contribution >= 0.6 is 0 Å². The van der Waals surface area contributed by atoms with E-state index in [0.717, 1.165) is 0 Å². The van der Waals surface area contributed by atoms with Crippen LogP contribution in [0.15, 0.2) is 30.4 Å². The molecule has 1 fully saturated rings. The third-order valence-corrected chi connectivity index (χ3v) is 3.62. The molecule has 0 spiro atoms. The first-order chi connectivity index (χ1) is 12.9. The number of carbonyl (C=O) groups is 1. The quantitative estimate of drug-likeness (QED) is 0.716. The Balaban J connectivity index is 2.13. The van der Waals surface area contributed by atoms with Crippen LogP contribution in [-0.2, 0) is 4.74 Å². The largest absolute Gasteiger partial charge is 0.480 e. The lowest BCUT2D eigenvalue weighted by Crippen LogP contribution is -2.36. The number of likely N-dealkylation sites (tertiary alicyclic amines) is 1. The van der Waals surface area contributed by atoms with Crippen LogP contribution in [0.25, 0.3) is 0 Å². The molecule has 1 atom stereocenters.